The SMILES string of the molecule is CC(C)CCCC(C)NC(=O)c1coc(C(N)CC(C)C)n1. The molecule has 0 bridgehead atoms. The summed E-state index contributed by atoms with van der Waals surface area (Å²) in [5.74, 6) is 1.40. The van der Waals surface area contributed by atoms with E-state index in [0.717, 1.165) is 19.3 Å². The quantitative estimate of drug-likeness (QED) is 0.729. The lowest BCUT2D eigenvalue weighted by atomic mass is 10.0. The number of oxazole rings is 1. The van der Waals surface area contributed by atoms with Crippen molar-refractivity contribution in [2.45, 2.75) is 72.4 Å². The smallest absolute Gasteiger partial charge is 0.273 e. The summed E-state index contributed by atoms with van der Waals surface area (Å²) < 4.78 is 5.35. The number of carbonyl (C=O) groups excluding carboxylic acids is 1. The average molecular weight is 309 g/mol. The first kappa shape index (κ1) is 18.7. The Kier molecular flexibility index (Phi) is 7.59. The Labute approximate surface area is 134 Å². The minimum atomic E-state index is -0.259. The van der Waals surface area contributed by atoms with Gasteiger partial charge in [0.25, 0.3) is 5.91 Å². The van der Waals surface area contributed by atoms with Crippen LogP contribution in [0.1, 0.15) is 82.7 Å². The first-order valence-corrected chi connectivity index (χ1v) is 8.31. The van der Waals surface area contributed by atoms with Crippen LogP contribution in [0.2, 0.25) is 0 Å². The van der Waals surface area contributed by atoms with Gasteiger partial charge in [-0.2, -0.15) is 0 Å². The zero-order valence-corrected chi connectivity index (χ0v) is 14.6. The predicted molar refractivity (Wildman–Crippen MR) is 88.5 cm³/mol. The van der Waals surface area contributed by atoms with Gasteiger partial charge in [-0.05, 0) is 31.6 Å². The first-order chi connectivity index (χ1) is 10.3. The normalized spacial score (nSPS) is 14.4. The molecule has 0 saturated heterocycles. The maximum atomic E-state index is 12.1. The van der Waals surface area contributed by atoms with Gasteiger partial charge in [-0.25, -0.2) is 4.98 Å². The van der Waals surface area contributed by atoms with Gasteiger partial charge in [-0.1, -0.05) is 40.5 Å². The summed E-state index contributed by atoms with van der Waals surface area (Å²) in [7, 11) is 0. The summed E-state index contributed by atoms with van der Waals surface area (Å²) in [6, 6.07) is -0.124. The fourth-order valence-corrected chi connectivity index (χ4v) is 2.37. The highest BCUT2D eigenvalue weighted by Gasteiger charge is 2.18. The Morgan fingerprint density at radius 3 is 2.50 bits per heavy atom. The van der Waals surface area contributed by atoms with Crippen LogP contribution in [-0.2, 0) is 0 Å². The molecule has 126 valence electrons. The van der Waals surface area contributed by atoms with Gasteiger partial charge < -0.3 is 15.5 Å². The lowest BCUT2D eigenvalue weighted by Gasteiger charge is -2.13. The number of nitrogens with one attached hydrogen (secondary N) is 1. The number of hydrogen-bond acceptors (Lipinski definition) is 4. The first-order valence-electron chi connectivity index (χ1n) is 8.31. The molecule has 1 amide bonds. The molecule has 5 heteroatoms. The van der Waals surface area contributed by atoms with Crippen LogP contribution < -0.4 is 11.1 Å². The van der Waals surface area contributed by atoms with Gasteiger partial charge in [0.15, 0.2) is 5.69 Å². The van der Waals surface area contributed by atoms with E-state index in [4.69, 9.17) is 10.2 Å². The number of amides is 1. The molecule has 1 aromatic rings. The van der Waals surface area contributed by atoms with E-state index in [0.29, 0.717) is 23.4 Å². The van der Waals surface area contributed by atoms with Crippen LogP contribution >= 0.6 is 0 Å². The number of rotatable bonds is 9. The molecule has 0 aromatic carbocycles. The molecule has 0 aliphatic heterocycles. The van der Waals surface area contributed by atoms with E-state index in [-0.39, 0.29) is 18.0 Å². The number of hydrogen-bond donors (Lipinski definition) is 2. The molecule has 0 fully saturated rings. The van der Waals surface area contributed by atoms with E-state index in [9.17, 15) is 4.79 Å². The number of nitrogens with two attached hydrogens (primary N) is 1. The lowest BCUT2D eigenvalue weighted by Crippen LogP contribution is -2.32. The van der Waals surface area contributed by atoms with Crippen molar-refractivity contribution in [3.05, 3.63) is 17.8 Å². The fraction of sp³-hybridized carbons (Fsp3) is 0.765. The Hall–Kier alpha value is -1.36. The van der Waals surface area contributed by atoms with Crippen LogP contribution in [0.25, 0.3) is 0 Å². The molecule has 1 rings (SSSR count). The summed E-state index contributed by atoms with van der Waals surface area (Å²) in [4.78, 5) is 16.4. The minimum Gasteiger partial charge on any atom is -0.446 e. The highest BCUT2D eigenvalue weighted by Crippen LogP contribution is 2.18. The highest BCUT2D eigenvalue weighted by atomic mass is 16.3. The zero-order chi connectivity index (χ0) is 16.7. The van der Waals surface area contributed by atoms with Crippen molar-refractivity contribution < 1.29 is 9.21 Å². The van der Waals surface area contributed by atoms with Crippen LogP contribution in [0.5, 0.6) is 0 Å². The van der Waals surface area contributed by atoms with Crippen LogP contribution in [0.4, 0.5) is 0 Å². The highest BCUT2D eigenvalue weighted by molar-refractivity contribution is 5.92. The van der Waals surface area contributed by atoms with Crippen molar-refractivity contribution in [3.63, 3.8) is 0 Å². The molecular weight excluding hydrogens is 278 g/mol. The molecule has 3 N–H and O–H groups in total. The molecule has 5 nitrogen and oxygen atoms in total. The van der Waals surface area contributed by atoms with Crippen molar-refractivity contribution in [1.82, 2.24) is 10.3 Å². The Bertz CT molecular complexity index is 455. The third-order valence-corrected chi connectivity index (χ3v) is 3.59. The standard InChI is InChI=1S/C17H31N3O2/c1-11(2)7-6-8-13(5)19-16(21)15-10-22-17(20-15)14(18)9-12(3)4/h10-14H,6-9,18H2,1-5H3,(H,19,21). The maximum absolute atomic E-state index is 12.1. The Morgan fingerprint density at radius 1 is 1.23 bits per heavy atom. The molecule has 1 heterocycles. The van der Waals surface area contributed by atoms with E-state index in [1.807, 2.05) is 6.92 Å². The second kappa shape index (κ2) is 8.93. The molecule has 2 unspecified atom stereocenters. The van der Waals surface area contributed by atoms with Crippen LogP contribution in [0, 0.1) is 11.8 Å². The van der Waals surface area contributed by atoms with E-state index in [2.05, 4.69) is 38.0 Å². The number of nitrogens with zero attached hydrogens (tertiary/aromatic N) is 1. The van der Waals surface area contributed by atoms with Gasteiger partial charge in [0.2, 0.25) is 5.89 Å². The fourth-order valence-electron chi connectivity index (χ4n) is 2.37. The average Bonchev–Trinajstić information content (AvgIpc) is 2.86. The Balaban J connectivity index is 2.47. The third-order valence-electron chi connectivity index (χ3n) is 3.59. The summed E-state index contributed by atoms with van der Waals surface area (Å²) in [5, 5.41) is 2.96. The second-order valence-electron chi connectivity index (χ2n) is 7.01. The largest absolute Gasteiger partial charge is 0.446 e. The Morgan fingerprint density at radius 2 is 1.91 bits per heavy atom. The molecule has 22 heavy (non-hydrogen) atoms. The minimum absolute atomic E-state index is 0.135. The zero-order valence-electron chi connectivity index (χ0n) is 14.6. The van der Waals surface area contributed by atoms with E-state index in [1.165, 1.54) is 12.7 Å². The number of carbonyl (C=O) groups is 1. The van der Waals surface area contributed by atoms with E-state index in [1.54, 1.807) is 0 Å². The molecule has 1 aromatic heterocycles. The van der Waals surface area contributed by atoms with Crippen molar-refractivity contribution >= 4 is 5.91 Å². The van der Waals surface area contributed by atoms with Crippen molar-refractivity contribution in [3.8, 4) is 0 Å². The molecule has 0 aliphatic carbocycles. The van der Waals surface area contributed by atoms with Gasteiger partial charge >= 0.3 is 0 Å². The van der Waals surface area contributed by atoms with Gasteiger partial charge in [0.05, 0.1) is 6.04 Å². The predicted octanol–water partition coefficient (Wildman–Crippen LogP) is 3.67. The van der Waals surface area contributed by atoms with Crippen LogP contribution in [0.3, 0.4) is 0 Å². The maximum Gasteiger partial charge on any atom is 0.273 e. The molecule has 0 aliphatic rings. The van der Waals surface area contributed by atoms with Gasteiger partial charge in [-0.3, -0.25) is 4.79 Å². The van der Waals surface area contributed by atoms with Crippen molar-refractivity contribution in [2.24, 2.45) is 17.6 Å². The monoisotopic (exact) mass is 309 g/mol. The molecule has 0 radical (unpaired) electrons. The van der Waals surface area contributed by atoms with Gasteiger partial charge in [-0.15, -0.1) is 0 Å². The van der Waals surface area contributed by atoms with Gasteiger partial charge in [0, 0.05) is 6.04 Å². The summed E-state index contributed by atoms with van der Waals surface area (Å²) in [6.45, 7) is 10.6. The summed E-state index contributed by atoms with van der Waals surface area (Å²) in [6.07, 6.45) is 5.45. The van der Waals surface area contributed by atoms with Crippen LogP contribution in [0.15, 0.2) is 10.7 Å². The second-order valence-corrected chi connectivity index (χ2v) is 7.01. The summed E-state index contributed by atoms with van der Waals surface area (Å²) >= 11 is 0. The third kappa shape index (κ3) is 6.60. The number of aromatic nitrogens is 1. The lowest BCUT2D eigenvalue weighted by molar-refractivity contribution is 0.0932. The topological polar surface area (TPSA) is 81.2 Å². The van der Waals surface area contributed by atoms with E-state index >= 15 is 0 Å². The molecule has 0 saturated carbocycles. The molecule has 2 atom stereocenters. The van der Waals surface area contributed by atoms with E-state index < -0.39 is 0 Å². The molecule has 0 spiro atoms. The van der Waals surface area contributed by atoms with Crippen LogP contribution in [-0.4, -0.2) is 16.9 Å². The van der Waals surface area contributed by atoms with Crippen molar-refractivity contribution in [1.29, 1.82) is 0 Å². The van der Waals surface area contributed by atoms with Gasteiger partial charge in [0.1, 0.15) is 6.26 Å². The molecular formula is C17H31N3O2. The van der Waals surface area contributed by atoms with Crippen molar-refractivity contribution in [2.75, 3.05) is 0 Å². The summed E-state index contributed by atoms with van der Waals surface area (Å²) in [5.41, 5.74) is 6.33.